The van der Waals surface area contributed by atoms with E-state index in [9.17, 15) is 9.59 Å². The molecule has 1 aromatic heterocycles. The summed E-state index contributed by atoms with van der Waals surface area (Å²) < 4.78 is 0. The Morgan fingerprint density at radius 2 is 2.09 bits per heavy atom. The zero-order chi connectivity index (χ0) is 17.0. The second-order valence-corrected chi connectivity index (χ2v) is 7.09. The summed E-state index contributed by atoms with van der Waals surface area (Å²) in [7, 11) is 0. The summed E-state index contributed by atoms with van der Waals surface area (Å²) in [5.74, 6) is -1.08. The SMILES string of the molecule is Cc1nc(-c2cccc(C(=O)NCCC(C)(C)C(=O)O)c2)cs1. The van der Waals surface area contributed by atoms with E-state index in [4.69, 9.17) is 5.11 Å². The molecule has 0 unspecified atom stereocenters. The third kappa shape index (κ3) is 4.39. The van der Waals surface area contributed by atoms with Crippen molar-refractivity contribution in [1.29, 1.82) is 0 Å². The highest BCUT2D eigenvalue weighted by atomic mass is 32.1. The number of hydrogen-bond donors (Lipinski definition) is 2. The first kappa shape index (κ1) is 17.1. The van der Waals surface area contributed by atoms with Crippen LogP contribution in [0.25, 0.3) is 11.3 Å². The number of aryl methyl sites for hydroxylation is 1. The van der Waals surface area contributed by atoms with Crippen LogP contribution in [0.2, 0.25) is 0 Å². The van der Waals surface area contributed by atoms with Crippen molar-refractivity contribution in [3.8, 4) is 11.3 Å². The van der Waals surface area contributed by atoms with Gasteiger partial charge < -0.3 is 10.4 Å². The molecular formula is C17H20N2O3S. The lowest BCUT2D eigenvalue weighted by atomic mass is 9.89. The summed E-state index contributed by atoms with van der Waals surface area (Å²) in [4.78, 5) is 27.7. The van der Waals surface area contributed by atoms with Crippen LogP contribution in [0, 0.1) is 12.3 Å². The summed E-state index contributed by atoms with van der Waals surface area (Å²) in [6.45, 7) is 5.55. The second kappa shape index (κ2) is 6.91. The van der Waals surface area contributed by atoms with E-state index in [2.05, 4.69) is 10.3 Å². The number of benzene rings is 1. The predicted molar refractivity (Wildman–Crippen MR) is 90.7 cm³/mol. The lowest BCUT2D eigenvalue weighted by molar-refractivity contribution is -0.147. The van der Waals surface area contributed by atoms with Crippen LogP contribution < -0.4 is 5.32 Å². The monoisotopic (exact) mass is 332 g/mol. The molecule has 1 heterocycles. The number of carboxylic acids is 1. The van der Waals surface area contributed by atoms with Crippen molar-refractivity contribution in [2.75, 3.05) is 6.54 Å². The molecular weight excluding hydrogens is 312 g/mol. The Morgan fingerprint density at radius 1 is 1.35 bits per heavy atom. The number of carboxylic acid groups (broad SMARTS) is 1. The van der Waals surface area contributed by atoms with E-state index in [0.717, 1.165) is 16.3 Å². The highest BCUT2D eigenvalue weighted by Crippen LogP contribution is 2.23. The van der Waals surface area contributed by atoms with E-state index in [1.54, 1.807) is 37.3 Å². The maximum atomic E-state index is 12.2. The van der Waals surface area contributed by atoms with Crippen LogP contribution in [0.1, 0.15) is 35.6 Å². The van der Waals surface area contributed by atoms with Gasteiger partial charge in [0.1, 0.15) is 0 Å². The van der Waals surface area contributed by atoms with Crippen molar-refractivity contribution in [2.45, 2.75) is 27.2 Å². The third-order valence-corrected chi connectivity index (χ3v) is 4.43. The Kier molecular flexibility index (Phi) is 5.15. The summed E-state index contributed by atoms with van der Waals surface area (Å²) in [5, 5.41) is 14.8. The van der Waals surface area contributed by atoms with E-state index >= 15 is 0 Å². The molecule has 0 spiro atoms. The van der Waals surface area contributed by atoms with Gasteiger partial charge in [0.15, 0.2) is 0 Å². The average molecular weight is 332 g/mol. The van der Waals surface area contributed by atoms with Gasteiger partial charge in [0.2, 0.25) is 0 Å². The zero-order valence-corrected chi connectivity index (χ0v) is 14.2. The van der Waals surface area contributed by atoms with Crippen molar-refractivity contribution in [3.63, 3.8) is 0 Å². The molecule has 0 atom stereocenters. The van der Waals surface area contributed by atoms with Crippen LogP contribution in [0.5, 0.6) is 0 Å². The molecule has 2 aromatic rings. The number of thiazole rings is 1. The van der Waals surface area contributed by atoms with E-state index < -0.39 is 11.4 Å². The minimum absolute atomic E-state index is 0.208. The van der Waals surface area contributed by atoms with Gasteiger partial charge in [-0.2, -0.15) is 0 Å². The van der Waals surface area contributed by atoms with Crippen molar-refractivity contribution in [2.24, 2.45) is 5.41 Å². The Morgan fingerprint density at radius 3 is 2.70 bits per heavy atom. The third-order valence-electron chi connectivity index (χ3n) is 3.65. The maximum Gasteiger partial charge on any atom is 0.309 e. The van der Waals surface area contributed by atoms with Crippen molar-refractivity contribution in [3.05, 3.63) is 40.2 Å². The van der Waals surface area contributed by atoms with Crippen molar-refractivity contribution in [1.82, 2.24) is 10.3 Å². The second-order valence-electron chi connectivity index (χ2n) is 6.03. The molecule has 2 rings (SSSR count). The number of nitrogens with one attached hydrogen (secondary N) is 1. The Balaban J connectivity index is 2.02. The van der Waals surface area contributed by atoms with Crippen LogP contribution in [-0.4, -0.2) is 28.5 Å². The van der Waals surface area contributed by atoms with Crippen LogP contribution in [0.4, 0.5) is 0 Å². The van der Waals surface area contributed by atoms with Crippen LogP contribution >= 0.6 is 11.3 Å². The molecule has 0 aliphatic heterocycles. The van der Waals surface area contributed by atoms with Gasteiger partial charge in [0.25, 0.3) is 5.91 Å². The molecule has 6 heteroatoms. The average Bonchev–Trinajstić information content (AvgIpc) is 2.93. The molecule has 0 saturated heterocycles. The summed E-state index contributed by atoms with van der Waals surface area (Å²) in [6.07, 6.45) is 0.374. The first-order valence-electron chi connectivity index (χ1n) is 7.34. The minimum atomic E-state index is -0.868. The van der Waals surface area contributed by atoms with Crippen molar-refractivity contribution >= 4 is 23.2 Å². The number of carbonyl (C=O) groups is 2. The lowest BCUT2D eigenvalue weighted by Gasteiger charge is -2.18. The quantitative estimate of drug-likeness (QED) is 0.850. The van der Waals surface area contributed by atoms with Gasteiger partial charge in [-0.25, -0.2) is 4.98 Å². The smallest absolute Gasteiger partial charge is 0.309 e. The van der Waals surface area contributed by atoms with E-state index in [-0.39, 0.29) is 5.91 Å². The molecule has 0 aliphatic rings. The maximum absolute atomic E-state index is 12.2. The van der Waals surface area contributed by atoms with Crippen LogP contribution in [0.15, 0.2) is 29.6 Å². The van der Waals surface area contributed by atoms with Gasteiger partial charge >= 0.3 is 5.97 Å². The van der Waals surface area contributed by atoms with Crippen molar-refractivity contribution < 1.29 is 14.7 Å². The van der Waals surface area contributed by atoms with Gasteiger partial charge in [-0.1, -0.05) is 12.1 Å². The first-order chi connectivity index (χ1) is 10.8. The number of aromatic nitrogens is 1. The number of rotatable bonds is 6. The number of amides is 1. The molecule has 1 aromatic carbocycles. The fourth-order valence-electron chi connectivity index (χ4n) is 2.01. The molecule has 0 saturated carbocycles. The largest absolute Gasteiger partial charge is 0.481 e. The van der Waals surface area contributed by atoms with Gasteiger partial charge in [-0.3, -0.25) is 9.59 Å². The molecule has 2 N–H and O–H groups in total. The summed E-state index contributed by atoms with van der Waals surface area (Å²) in [5.41, 5.74) is 1.44. The Labute approximate surface area is 139 Å². The molecule has 0 radical (unpaired) electrons. The number of carbonyl (C=O) groups excluding carboxylic acids is 1. The van der Waals surface area contributed by atoms with Gasteiger partial charge in [-0.05, 0) is 39.3 Å². The van der Waals surface area contributed by atoms with Crippen LogP contribution in [0.3, 0.4) is 0 Å². The summed E-state index contributed by atoms with van der Waals surface area (Å²) in [6, 6.07) is 7.27. The fourth-order valence-corrected chi connectivity index (χ4v) is 2.64. The summed E-state index contributed by atoms with van der Waals surface area (Å²) >= 11 is 1.57. The minimum Gasteiger partial charge on any atom is -0.481 e. The fraction of sp³-hybridized carbons (Fsp3) is 0.353. The van der Waals surface area contributed by atoms with Crippen LogP contribution in [-0.2, 0) is 4.79 Å². The molecule has 1 amide bonds. The standard InChI is InChI=1S/C17H20N2O3S/c1-11-19-14(10-23-11)12-5-4-6-13(9-12)15(20)18-8-7-17(2,3)16(21)22/h4-6,9-10H,7-8H2,1-3H3,(H,18,20)(H,21,22). The van der Waals surface area contributed by atoms with Gasteiger partial charge in [0.05, 0.1) is 16.1 Å². The first-order valence-corrected chi connectivity index (χ1v) is 8.22. The highest BCUT2D eigenvalue weighted by molar-refractivity contribution is 7.09. The molecule has 5 nitrogen and oxygen atoms in total. The molecule has 0 fully saturated rings. The predicted octanol–water partition coefficient (Wildman–Crippen LogP) is 3.35. The molecule has 0 bridgehead atoms. The van der Waals surface area contributed by atoms with E-state index in [1.165, 1.54) is 0 Å². The van der Waals surface area contributed by atoms with E-state index in [0.29, 0.717) is 18.5 Å². The molecule has 0 aliphatic carbocycles. The molecule has 23 heavy (non-hydrogen) atoms. The Bertz CT molecular complexity index is 722. The number of nitrogens with zero attached hydrogens (tertiary/aromatic N) is 1. The Hall–Kier alpha value is -2.21. The van der Waals surface area contributed by atoms with Gasteiger partial charge in [0, 0.05) is 23.1 Å². The van der Waals surface area contributed by atoms with Gasteiger partial charge in [-0.15, -0.1) is 11.3 Å². The highest BCUT2D eigenvalue weighted by Gasteiger charge is 2.26. The lowest BCUT2D eigenvalue weighted by Crippen LogP contribution is -2.31. The zero-order valence-electron chi connectivity index (χ0n) is 13.4. The topological polar surface area (TPSA) is 79.3 Å². The number of aliphatic carboxylic acids is 1. The number of hydrogen-bond acceptors (Lipinski definition) is 4. The normalized spacial score (nSPS) is 11.3. The van der Waals surface area contributed by atoms with E-state index in [1.807, 2.05) is 24.4 Å². The molecule has 122 valence electrons.